The fraction of sp³-hybridized carbons (Fsp3) is 0. The average molecular weight is 665 g/mol. The molecule has 10 aromatic rings. The van der Waals surface area contributed by atoms with E-state index in [-0.39, 0.29) is 0 Å². The van der Waals surface area contributed by atoms with Crippen LogP contribution in [0.15, 0.2) is 194 Å². The predicted octanol–water partition coefficient (Wildman–Crippen LogP) is 12.2. The Balaban J connectivity index is 1.20. The van der Waals surface area contributed by atoms with E-state index in [2.05, 4.69) is 184 Å². The highest BCUT2D eigenvalue weighted by Gasteiger charge is 2.18. The molecule has 244 valence electrons. The maximum absolute atomic E-state index is 5.26. The van der Waals surface area contributed by atoms with E-state index in [0.717, 1.165) is 67.3 Å². The molecule has 0 aliphatic heterocycles. The Bertz CT molecular complexity index is 2870. The van der Waals surface area contributed by atoms with E-state index in [9.17, 15) is 0 Å². The Morgan fingerprint density at radius 3 is 1.67 bits per heavy atom. The van der Waals surface area contributed by atoms with Crippen molar-refractivity contribution < 1.29 is 0 Å². The van der Waals surface area contributed by atoms with Crippen LogP contribution in [0.5, 0.6) is 0 Å². The average Bonchev–Trinajstić information content (AvgIpc) is 3.78. The Morgan fingerprint density at radius 2 is 0.923 bits per heavy atom. The van der Waals surface area contributed by atoms with Crippen molar-refractivity contribution in [3.05, 3.63) is 194 Å². The van der Waals surface area contributed by atoms with Gasteiger partial charge in [-0.3, -0.25) is 9.55 Å². The summed E-state index contributed by atoms with van der Waals surface area (Å²) in [6, 6.07) is 66.7. The molecule has 7 aromatic carbocycles. The highest BCUT2D eigenvalue weighted by Crippen LogP contribution is 2.39. The number of benzene rings is 7. The number of pyridine rings is 1. The molecule has 3 heterocycles. The maximum Gasteiger partial charge on any atom is 0.145 e. The summed E-state index contributed by atoms with van der Waals surface area (Å²) in [5.41, 5.74) is 14.3. The highest BCUT2D eigenvalue weighted by molar-refractivity contribution is 6.10. The topological polar surface area (TPSA) is 35.6 Å². The van der Waals surface area contributed by atoms with Gasteiger partial charge in [-0.25, -0.2) is 4.98 Å². The monoisotopic (exact) mass is 664 g/mol. The molecule has 10 rings (SSSR count). The van der Waals surface area contributed by atoms with Crippen molar-refractivity contribution >= 4 is 32.8 Å². The van der Waals surface area contributed by atoms with Crippen LogP contribution in [0.3, 0.4) is 0 Å². The molecule has 3 aromatic heterocycles. The minimum absolute atomic E-state index is 0.905. The number of fused-ring (bicyclic) bond motifs is 4. The van der Waals surface area contributed by atoms with Crippen molar-refractivity contribution in [1.82, 2.24) is 19.1 Å². The second-order valence-corrected chi connectivity index (χ2v) is 13.1. The second-order valence-electron chi connectivity index (χ2n) is 13.1. The number of aromatic nitrogens is 4. The lowest BCUT2D eigenvalue weighted by Gasteiger charge is -2.14. The fourth-order valence-electron chi connectivity index (χ4n) is 7.52. The van der Waals surface area contributed by atoms with Gasteiger partial charge in [0.15, 0.2) is 0 Å². The van der Waals surface area contributed by atoms with E-state index < -0.39 is 0 Å². The lowest BCUT2D eigenvalue weighted by atomic mass is 9.94. The number of rotatable bonds is 6. The summed E-state index contributed by atoms with van der Waals surface area (Å²) in [6.07, 6.45) is 1.84. The molecule has 0 bridgehead atoms. The molecule has 52 heavy (non-hydrogen) atoms. The Hall–Kier alpha value is -7.04. The summed E-state index contributed by atoms with van der Waals surface area (Å²) < 4.78 is 4.64. The van der Waals surface area contributed by atoms with Gasteiger partial charge in [0.1, 0.15) is 5.82 Å². The molecule has 0 N–H and O–H groups in total. The van der Waals surface area contributed by atoms with Gasteiger partial charge in [-0.1, -0.05) is 103 Å². The summed E-state index contributed by atoms with van der Waals surface area (Å²) in [4.78, 5) is 9.83. The van der Waals surface area contributed by atoms with Crippen molar-refractivity contribution in [2.24, 2.45) is 0 Å². The van der Waals surface area contributed by atoms with E-state index in [1.807, 2.05) is 24.4 Å². The summed E-state index contributed by atoms with van der Waals surface area (Å²) in [6.45, 7) is 0. The summed E-state index contributed by atoms with van der Waals surface area (Å²) >= 11 is 0. The van der Waals surface area contributed by atoms with Gasteiger partial charge in [0.25, 0.3) is 0 Å². The first kappa shape index (κ1) is 29.8. The normalized spacial score (nSPS) is 11.5. The zero-order chi connectivity index (χ0) is 34.4. The van der Waals surface area contributed by atoms with Crippen LogP contribution in [0, 0.1) is 0 Å². The smallest absolute Gasteiger partial charge is 0.145 e. The first-order chi connectivity index (χ1) is 25.8. The molecular formula is C48H32N4. The van der Waals surface area contributed by atoms with Gasteiger partial charge in [0.2, 0.25) is 0 Å². The molecule has 0 aliphatic rings. The van der Waals surface area contributed by atoms with E-state index in [4.69, 9.17) is 4.98 Å². The molecule has 0 aliphatic carbocycles. The highest BCUT2D eigenvalue weighted by atomic mass is 15.1. The number of imidazole rings is 1. The van der Waals surface area contributed by atoms with Gasteiger partial charge < -0.3 is 4.57 Å². The number of nitrogens with zero attached hydrogens (tertiary/aromatic N) is 4. The zero-order valence-corrected chi connectivity index (χ0v) is 28.3. The molecule has 0 saturated heterocycles. The van der Waals surface area contributed by atoms with Gasteiger partial charge in [-0.15, -0.1) is 0 Å². The van der Waals surface area contributed by atoms with E-state index in [1.54, 1.807) is 0 Å². The van der Waals surface area contributed by atoms with Crippen LogP contribution in [0.4, 0.5) is 0 Å². The Labute approximate surface area is 301 Å². The van der Waals surface area contributed by atoms with Gasteiger partial charge in [0, 0.05) is 39.5 Å². The van der Waals surface area contributed by atoms with Crippen molar-refractivity contribution in [1.29, 1.82) is 0 Å². The van der Waals surface area contributed by atoms with Gasteiger partial charge in [-0.2, -0.15) is 0 Å². The van der Waals surface area contributed by atoms with Crippen LogP contribution in [0.2, 0.25) is 0 Å². The molecule has 0 saturated carbocycles. The third-order valence-electron chi connectivity index (χ3n) is 9.97. The largest absolute Gasteiger partial charge is 0.309 e. The first-order valence-electron chi connectivity index (χ1n) is 17.6. The summed E-state index contributed by atoms with van der Waals surface area (Å²) in [5.74, 6) is 0.905. The lowest BCUT2D eigenvalue weighted by molar-refractivity contribution is 1.10. The number of hydrogen-bond donors (Lipinski definition) is 0. The van der Waals surface area contributed by atoms with Crippen LogP contribution >= 0.6 is 0 Å². The van der Waals surface area contributed by atoms with Crippen LogP contribution in [-0.2, 0) is 0 Å². The van der Waals surface area contributed by atoms with E-state index in [1.165, 1.54) is 21.8 Å². The maximum atomic E-state index is 5.26. The van der Waals surface area contributed by atoms with Crippen LogP contribution < -0.4 is 0 Å². The molecule has 0 amide bonds. The molecule has 0 atom stereocenters. The summed E-state index contributed by atoms with van der Waals surface area (Å²) in [7, 11) is 0. The van der Waals surface area contributed by atoms with Crippen LogP contribution in [0.1, 0.15) is 0 Å². The lowest BCUT2D eigenvalue weighted by Crippen LogP contribution is -1.98. The van der Waals surface area contributed by atoms with Gasteiger partial charge in [-0.05, 0) is 107 Å². The molecular weight excluding hydrogens is 633 g/mol. The third kappa shape index (κ3) is 5.09. The van der Waals surface area contributed by atoms with Crippen molar-refractivity contribution in [2.45, 2.75) is 0 Å². The van der Waals surface area contributed by atoms with Crippen LogP contribution in [-0.4, -0.2) is 19.1 Å². The molecule has 4 heteroatoms. The van der Waals surface area contributed by atoms with E-state index >= 15 is 0 Å². The van der Waals surface area contributed by atoms with E-state index in [0.29, 0.717) is 0 Å². The summed E-state index contributed by atoms with van der Waals surface area (Å²) in [5, 5.41) is 2.45. The first-order valence-corrected chi connectivity index (χ1v) is 17.6. The van der Waals surface area contributed by atoms with Crippen LogP contribution in [0.25, 0.3) is 89.1 Å². The molecule has 0 unspecified atom stereocenters. The number of hydrogen-bond acceptors (Lipinski definition) is 2. The second kappa shape index (κ2) is 12.4. The third-order valence-corrected chi connectivity index (χ3v) is 9.97. The predicted molar refractivity (Wildman–Crippen MR) is 215 cm³/mol. The minimum Gasteiger partial charge on any atom is -0.309 e. The van der Waals surface area contributed by atoms with Crippen molar-refractivity contribution in [3.63, 3.8) is 0 Å². The molecule has 0 radical (unpaired) electrons. The SMILES string of the molecule is c1ccc(-n2c(-c3cc(-c4ccc(-c5ccccn5)cc4)cc(-c4ccc5c(c4)c4ccccc4n5-c4ccccc4)c3)nc3ccccc32)cc1. The Morgan fingerprint density at radius 1 is 0.346 bits per heavy atom. The number of para-hydroxylation sites is 5. The van der Waals surface area contributed by atoms with Crippen molar-refractivity contribution in [3.8, 4) is 56.3 Å². The van der Waals surface area contributed by atoms with Crippen molar-refractivity contribution in [2.75, 3.05) is 0 Å². The minimum atomic E-state index is 0.905. The molecule has 0 fully saturated rings. The van der Waals surface area contributed by atoms with Gasteiger partial charge >= 0.3 is 0 Å². The standard InChI is InChI=1S/C48H32N4/c1-3-13-39(14-4-1)51-45-20-9-7-17-41(45)42-32-35(26-27-46(42)51)37-29-36(33-22-24-34(25-23-33)43-18-11-12-28-49-43)30-38(31-37)48-50-44-19-8-10-21-47(44)52(48)40-15-5-2-6-16-40/h1-32H. The Kier molecular flexibility index (Phi) is 7.10. The fourth-order valence-corrected chi connectivity index (χ4v) is 7.52. The molecule has 4 nitrogen and oxygen atoms in total. The zero-order valence-electron chi connectivity index (χ0n) is 28.3. The molecule has 0 spiro atoms. The van der Waals surface area contributed by atoms with Gasteiger partial charge in [0.05, 0.1) is 27.8 Å². The quantitative estimate of drug-likeness (QED) is 0.177.